The fourth-order valence-electron chi connectivity index (χ4n) is 4.16. The second kappa shape index (κ2) is 9.03. The zero-order valence-electron chi connectivity index (χ0n) is 19.2. The predicted octanol–water partition coefficient (Wildman–Crippen LogP) is 3.44. The summed E-state index contributed by atoms with van der Waals surface area (Å²) in [4.78, 5) is 30.3. The highest BCUT2D eigenvalue weighted by Gasteiger charge is 2.32. The third kappa shape index (κ3) is 4.40. The van der Waals surface area contributed by atoms with Gasteiger partial charge >= 0.3 is 0 Å². The number of hydrogen-bond acceptors (Lipinski definition) is 6. The average molecular weight is 511 g/mol. The highest BCUT2D eigenvalue weighted by atomic mass is 35.5. The summed E-state index contributed by atoms with van der Waals surface area (Å²) >= 11 is 6.02. The number of fused-ring (bicyclic) bond motifs is 1. The molecule has 1 amide bonds. The van der Waals surface area contributed by atoms with E-state index in [0.29, 0.717) is 10.5 Å². The molecule has 9 nitrogen and oxygen atoms in total. The second-order valence-electron chi connectivity index (χ2n) is 8.43. The normalized spacial score (nSPS) is 15.0. The van der Waals surface area contributed by atoms with Crippen LogP contribution < -0.4 is 0 Å². The average Bonchev–Trinajstić information content (AvgIpc) is 3.30. The van der Waals surface area contributed by atoms with Crippen molar-refractivity contribution >= 4 is 38.4 Å². The molecule has 1 N–H and O–H groups in total. The number of hydrogen-bond donors (Lipinski definition) is 1. The van der Waals surface area contributed by atoms with Gasteiger partial charge in [0.15, 0.2) is 0 Å². The number of nitrogens with one attached hydrogen (secondary N) is 1. The number of nitrogens with zero attached hydrogens (tertiary/aromatic N) is 5. The van der Waals surface area contributed by atoms with Gasteiger partial charge < -0.3 is 9.88 Å². The zero-order chi connectivity index (χ0) is 24.7. The molecule has 1 saturated heterocycles. The molecule has 0 atom stereocenters. The largest absolute Gasteiger partial charge is 0.345 e. The van der Waals surface area contributed by atoms with Crippen LogP contribution in [0.3, 0.4) is 0 Å². The summed E-state index contributed by atoms with van der Waals surface area (Å²) in [5, 5.41) is 1.37. The third-order valence-corrected chi connectivity index (χ3v) is 8.37. The van der Waals surface area contributed by atoms with Gasteiger partial charge in [-0.2, -0.15) is 4.31 Å². The van der Waals surface area contributed by atoms with Crippen LogP contribution in [0.15, 0.2) is 53.9 Å². The van der Waals surface area contributed by atoms with Crippen LogP contribution in [0.5, 0.6) is 0 Å². The van der Waals surface area contributed by atoms with Crippen molar-refractivity contribution in [3.8, 4) is 11.1 Å². The molecule has 180 valence electrons. The number of piperazine rings is 1. The number of rotatable bonds is 4. The highest BCUT2D eigenvalue weighted by Crippen LogP contribution is 2.26. The molecule has 5 rings (SSSR count). The maximum Gasteiger partial charge on any atom is 0.291 e. The van der Waals surface area contributed by atoms with E-state index >= 15 is 0 Å². The molecule has 4 heterocycles. The number of H-pyrrole nitrogens is 1. The number of amides is 1. The molecule has 1 aliphatic rings. The van der Waals surface area contributed by atoms with E-state index in [1.54, 1.807) is 47.8 Å². The molecule has 4 aromatic rings. The van der Waals surface area contributed by atoms with Gasteiger partial charge in [-0.15, -0.1) is 0 Å². The quantitative estimate of drug-likeness (QED) is 0.450. The minimum atomic E-state index is -3.73. The van der Waals surface area contributed by atoms with Crippen LogP contribution in [0, 0.1) is 13.8 Å². The van der Waals surface area contributed by atoms with E-state index in [0.717, 1.165) is 27.8 Å². The van der Waals surface area contributed by atoms with E-state index in [9.17, 15) is 13.2 Å². The number of aromatic amines is 1. The lowest BCUT2D eigenvalue weighted by Gasteiger charge is -2.33. The smallest absolute Gasteiger partial charge is 0.291 e. The highest BCUT2D eigenvalue weighted by molar-refractivity contribution is 7.89. The number of sulfonamides is 1. The first-order valence-electron chi connectivity index (χ1n) is 11.1. The lowest BCUT2D eigenvalue weighted by molar-refractivity contribution is 0.0685. The van der Waals surface area contributed by atoms with Crippen molar-refractivity contribution in [3.05, 3.63) is 71.0 Å². The van der Waals surface area contributed by atoms with Gasteiger partial charge in [-0.05, 0) is 55.3 Å². The Hall–Kier alpha value is -3.34. The van der Waals surface area contributed by atoms with Gasteiger partial charge in [0.1, 0.15) is 5.03 Å². The molecule has 1 aliphatic heterocycles. The first-order chi connectivity index (χ1) is 16.7. The summed E-state index contributed by atoms with van der Waals surface area (Å²) in [6, 6.07) is 8.63. The molecule has 0 aliphatic carbocycles. The summed E-state index contributed by atoms with van der Waals surface area (Å²) in [5.74, 6) is -0.238. The van der Waals surface area contributed by atoms with Crippen LogP contribution in [0.1, 0.15) is 21.9 Å². The first-order valence-corrected chi connectivity index (χ1v) is 12.9. The van der Waals surface area contributed by atoms with E-state index in [4.69, 9.17) is 11.6 Å². The molecular weight excluding hydrogens is 488 g/mol. The Morgan fingerprint density at radius 1 is 1.00 bits per heavy atom. The molecule has 0 spiro atoms. The Bertz CT molecular complexity index is 1530. The number of benzene rings is 1. The Morgan fingerprint density at radius 3 is 2.43 bits per heavy atom. The summed E-state index contributed by atoms with van der Waals surface area (Å²) in [5.41, 5.74) is 4.42. The van der Waals surface area contributed by atoms with Crippen molar-refractivity contribution in [3.63, 3.8) is 0 Å². The molecule has 3 aromatic heterocycles. The summed E-state index contributed by atoms with van der Waals surface area (Å²) in [7, 11) is -3.73. The Kier molecular flexibility index (Phi) is 6.04. The third-order valence-electron chi connectivity index (χ3n) is 6.31. The van der Waals surface area contributed by atoms with Gasteiger partial charge in [0.05, 0.1) is 0 Å². The van der Waals surface area contributed by atoms with Gasteiger partial charge in [0, 0.05) is 72.0 Å². The van der Waals surface area contributed by atoms with Gasteiger partial charge in [0.25, 0.3) is 15.9 Å². The molecule has 0 unspecified atom stereocenters. The Labute approximate surface area is 207 Å². The first kappa shape index (κ1) is 23.4. The van der Waals surface area contributed by atoms with E-state index < -0.39 is 10.0 Å². The molecule has 35 heavy (non-hydrogen) atoms. The number of aryl methyl sites for hydroxylation is 1. The van der Waals surface area contributed by atoms with Crippen molar-refractivity contribution in [1.29, 1.82) is 0 Å². The molecule has 1 aromatic carbocycles. The Morgan fingerprint density at radius 2 is 1.71 bits per heavy atom. The molecular formula is C24H23ClN6O3S. The molecule has 1 fully saturated rings. The van der Waals surface area contributed by atoms with Crippen LogP contribution in [0.4, 0.5) is 0 Å². The van der Waals surface area contributed by atoms with E-state index in [1.807, 2.05) is 19.9 Å². The fourth-order valence-corrected chi connectivity index (χ4v) is 5.78. The van der Waals surface area contributed by atoms with Crippen LogP contribution in [0.25, 0.3) is 22.0 Å². The Balaban J connectivity index is 1.27. The van der Waals surface area contributed by atoms with Gasteiger partial charge in [-0.1, -0.05) is 11.6 Å². The van der Waals surface area contributed by atoms with Crippen LogP contribution in [-0.2, 0) is 10.0 Å². The second-order valence-corrected chi connectivity index (χ2v) is 10.8. The summed E-state index contributed by atoms with van der Waals surface area (Å²) < 4.78 is 27.7. The molecule has 0 radical (unpaired) electrons. The van der Waals surface area contributed by atoms with Crippen LogP contribution in [0.2, 0.25) is 5.02 Å². The number of halogens is 1. The van der Waals surface area contributed by atoms with Crippen LogP contribution >= 0.6 is 11.6 Å². The lowest BCUT2D eigenvalue weighted by Crippen LogP contribution is -2.50. The van der Waals surface area contributed by atoms with Crippen molar-refractivity contribution in [2.75, 3.05) is 26.2 Å². The molecule has 11 heteroatoms. The van der Waals surface area contributed by atoms with Crippen molar-refractivity contribution in [2.45, 2.75) is 18.9 Å². The van der Waals surface area contributed by atoms with Crippen molar-refractivity contribution in [1.82, 2.24) is 29.1 Å². The van der Waals surface area contributed by atoms with E-state index in [-0.39, 0.29) is 42.9 Å². The predicted molar refractivity (Wildman–Crippen MR) is 133 cm³/mol. The zero-order valence-corrected chi connectivity index (χ0v) is 20.8. The van der Waals surface area contributed by atoms with Gasteiger partial charge in [-0.3, -0.25) is 9.78 Å². The number of pyridine rings is 1. The maximum absolute atomic E-state index is 13.1. The lowest BCUT2D eigenvalue weighted by atomic mass is 10.0. The maximum atomic E-state index is 13.1. The van der Waals surface area contributed by atoms with E-state index in [2.05, 4.69) is 19.9 Å². The van der Waals surface area contributed by atoms with Crippen molar-refractivity contribution < 1.29 is 13.2 Å². The standard InChI is InChI=1S/C24H23ClN6O3S/c1-15-16(2)26-6-5-20(15)18-13-27-23(28-14-18)24(32)30-7-9-31(10-8-30)35(33,34)22-12-17-11-19(25)3-4-21(17)29-22/h3-6,11-14,29H,7-10H2,1-2H3. The summed E-state index contributed by atoms with van der Waals surface area (Å²) in [6.45, 7) is 4.77. The number of aromatic nitrogens is 4. The topological polar surface area (TPSA) is 112 Å². The minimum Gasteiger partial charge on any atom is -0.345 e. The van der Waals surface area contributed by atoms with Gasteiger partial charge in [0.2, 0.25) is 5.82 Å². The SMILES string of the molecule is Cc1nccc(-c2cnc(C(=O)N3CCN(S(=O)(=O)c4cc5cc(Cl)ccc5[nH]4)CC3)nc2)c1C. The fraction of sp³-hybridized carbons (Fsp3) is 0.250. The van der Waals surface area contributed by atoms with Gasteiger partial charge in [-0.25, -0.2) is 18.4 Å². The molecule has 0 saturated carbocycles. The molecule has 0 bridgehead atoms. The van der Waals surface area contributed by atoms with Crippen molar-refractivity contribution in [2.24, 2.45) is 0 Å². The van der Waals surface area contributed by atoms with Crippen LogP contribution in [-0.4, -0.2) is 69.6 Å². The summed E-state index contributed by atoms with van der Waals surface area (Å²) in [6.07, 6.45) is 4.99. The number of carbonyl (C=O) groups excluding carboxylic acids is 1. The number of carbonyl (C=O) groups is 1. The van der Waals surface area contributed by atoms with E-state index in [1.165, 1.54) is 4.31 Å². The monoisotopic (exact) mass is 510 g/mol. The minimum absolute atomic E-state index is 0.0842.